The second-order valence-corrected chi connectivity index (χ2v) is 15.3. The Bertz CT molecular complexity index is 1010. The van der Waals surface area contributed by atoms with Crippen LogP contribution in [0.15, 0.2) is 36.4 Å². The van der Waals surface area contributed by atoms with Gasteiger partial charge in [-0.1, -0.05) is 31.2 Å². The summed E-state index contributed by atoms with van der Waals surface area (Å²) in [6.07, 6.45) is -4.55. The van der Waals surface area contributed by atoms with Crippen LogP contribution in [0.2, 0.25) is 30.7 Å². The molecule has 180 valence electrons. The maximum atomic E-state index is 12.8. The van der Waals surface area contributed by atoms with Crippen molar-refractivity contribution in [1.82, 2.24) is 0 Å². The van der Waals surface area contributed by atoms with Gasteiger partial charge in [0.1, 0.15) is 11.5 Å². The Labute approximate surface area is 199 Å². The molecule has 0 unspecified atom stereocenters. The summed E-state index contributed by atoms with van der Waals surface area (Å²) in [7, 11) is -1.32. The number of alkyl halides is 3. The van der Waals surface area contributed by atoms with Gasteiger partial charge in [0.2, 0.25) is 0 Å². The molecule has 0 atom stereocenters. The first-order chi connectivity index (χ1) is 15.3. The number of nitro groups is 1. The smallest absolute Gasteiger partial charge is 0.416 e. The monoisotopic (exact) mass is 521 g/mol. The minimum atomic E-state index is -4.55. The highest BCUT2D eigenvalue weighted by molar-refractivity contribution is 7.99. The number of nitro benzene ring substituents is 1. The van der Waals surface area contributed by atoms with Crippen LogP contribution in [-0.4, -0.2) is 31.3 Å². The van der Waals surface area contributed by atoms with Crippen LogP contribution in [0, 0.1) is 10.1 Å². The third-order valence-electron chi connectivity index (χ3n) is 4.33. The predicted octanol–water partition coefficient (Wildman–Crippen LogP) is 7.17. The summed E-state index contributed by atoms with van der Waals surface area (Å²) in [5.41, 5.74) is -0.793. The largest absolute Gasteiger partial charge is 0.465 e. The number of hydrogen-bond acceptors (Lipinski definition) is 6. The molecule has 0 spiro atoms. The zero-order chi connectivity index (χ0) is 24.8. The Morgan fingerprint density at radius 1 is 1.18 bits per heavy atom. The fraction of sp³-hybridized carbons (Fsp3) is 0.381. The maximum Gasteiger partial charge on any atom is 0.416 e. The molecule has 0 heterocycles. The van der Waals surface area contributed by atoms with E-state index < -0.39 is 30.7 Å². The van der Waals surface area contributed by atoms with Crippen LogP contribution in [-0.2, 0) is 21.5 Å². The standard InChI is InChI=1S/C21H23ClF3NO5SSi/c1-33(2,3)9-8-30-20(27)13-32-12-14-10-16(5-6-18(14)26(28)29)31-19-7-4-15(11-17(19)22)21(23,24)25/h4-7,10-11H,8-9,12-13H2,1-3H3. The van der Waals surface area contributed by atoms with E-state index in [4.69, 9.17) is 21.1 Å². The fourth-order valence-electron chi connectivity index (χ4n) is 2.56. The molecule has 0 aromatic heterocycles. The molecule has 0 aliphatic rings. The Morgan fingerprint density at radius 3 is 2.45 bits per heavy atom. The molecule has 0 aliphatic heterocycles. The zero-order valence-corrected chi connectivity index (χ0v) is 20.8. The van der Waals surface area contributed by atoms with Gasteiger partial charge < -0.3 is 9.47 Å². The molecule has 0 N–H and O–H groups in total. The van der Waals surface area contributed by atoms with Crippen molar-refractivity contribution in [3.8, 4) is 11.5 Å². The number of rotatable bonds is 10. The fourth-order valence-corrected chi connectivity index (χ4v) is 4.30. The molecule has 2 rings (SSSR count). The van der Waals surface area contributed by atoms with Crippen LogP contribution in [0.1, 0.15) is 11.1 Å². The van der Waals surface area contributed by atoms with Crippen molar-refractivity contribution in [2.75, 3.05) is 12.4 Å². The van der Waals surface area contributed by atoms with Gasteiger partial charge in [0.05, 0.1) is 27.9 Å². The lowest BCUT2D eigenvalue weighted by molar-refractivity contribution is -0.385. The summed E-state index contributed by atoms with van der Waals surface area (Å²) in [5, 5.41) is 11.1. The van der Waals surface area contributed by atoms with E-state index in [0.717, 1.165) is 36.0 Å². The lowest BCUT2D eigenvalue weighted by atomic mass is 10.2. The minimum Gasteiger partial charge on any atom is -0.465 e. The number of thioether (sulfide) groups is 1. The van der Waals surface area contributed by atoms with Crippen LogP contribution >= 0.6 is 23.4 Å². The van der Waals surface area contributed by atoms with E-state index in [9.17, 15) is 28.1 Å². The highest BCUT2D eigenvalue weighted by Crippen LogP contribution is 2.37. The number of carbonyl (C=O) groups excluding carboxylic acids is 1. The van der Waals surface area contributed by atoms with E-state index in [1.165, 1.54) is 18.2 Å². The summed E-state index contributed by atoms with van der Waals surface area (Å²) in [6, 6.07) is 7.46. The van der Waals surface area contributed by atoms with E-state index in [1.54, 1.807) is 0 Å². The molecule has 0 saturated carbocycles. The van der Waals surface area contributed by atoms with E-state index in [0.29, 0.717) is 12.2 Å². The van der Waals surface area contributed by atoms with Gasteiger partial charge in [0.25, 0.3) is 5.69 Å². The van der Waals surface area contributed by atoms with Crippen molar-refractivity contribution in [3.05, 3.63) is 62.7 Å². The third-order valence-corrected chi connectivity index (χ3v) is 7.28. The van der Waals surface area contributed by atoms with Crippen molar-refractivity contribution in [3.63, 3.8) is 0 Å². The molecule has 2 aromatic carbocycles. The number of nitrogens with zero attached hydrogens (tertiary/aromatic N) is 1. The maximum absolute atomic E-state index is 12.8. The van der Waals surface area contributed by atoms with Crippen molar-refractivity contribution >= 4 is 43.1 Å². The second kappa shape index (κ2) is 11.3. The molecule has 0 radical (unpaired) electrons. The normalized spacial score (nSPS) is 11.8. The molecule has 0 aliphatic carbocycles. The number of ether oxygens (including phenoxy) is 2. The van der Waals surface area contributed by atoms with Crippen LogP contribution in [0.3, 0.4) is 0 Å². The molecular weight excluding hydrogens is 499 g/mol. The van der Waals surface area contributed by atoms with Crippen molar-refractivity contribution < 1.29 is 32.4 Å². The number of benzene rings is 2. The van der Waals surface area contributed by atoms with Crippen molar-refractivity contribution in [2.24, 2.45) is 0 Å². The van der Waals surface area contributed by atoms with Crippen molar-refractivity contribution in [1.29, 1.82) is 0 Å². The SMILES string of the molecule is C[Si](C)(C)CCOC(=O)CSCc1cc(Oc2ccc(C(F)(F)F)cc2Cl)ccc1[N+](=O)[O-]. The molecule has 0 fully saturated rings. The van der Waals surface area contributed by atoms with Crippen LogP contribution in [0.5, 0.6) is 11.5 Å². The highest BCUT2D eigenvalue weighted by atomic mass is 35.5. The summed E-state index contributed by atoms with van der Waals surface area (Å²) >= 11 is 7.06. The zero-order valence-electron chi connectivity index (χ0n) is 18.2. The number of hydrogen-bond donors (Lipinski definition) is 0. The Morgan fingerprint density at radius 2 is 1.88 bits per heavy atom. The lowest BCUT2D eigenvalue weighted by Crippen LogP contribution is -2.23. The predicted molar refractivity (Wildman–Crippen MR) is 125 cm³/mol. The molecular formula is C21H23ClF3NO5SSi. The van der Waals surface area contributed by atoms with Crippen molar-refractivity contribution in [2.45, 2.75) is 37.6 Å². The summed E-state index contributed by atoms with van der Waals surface area (Å²) in [6.45, 7) is 6.86. The molecule has 0 saturated heterocycles. The van der Waals surface area contributed by atoms with Gasteiger partial charge in [-0.15, -0.1) is 11.8 Å². The average molecular weight is 522 g/mol. The number of esters is 1. The van der Waals surface area contributed by atoms with Crippen LogP contribution < -0.4 is 4.74 Å². The summed E-state index contributed by atoms with van der Waals surface area (Å²) in [4.78, 5) is 22.7. The minimum absolute atomic E-state index is 0.0249. The van der Waals surface area contributed by atoms with Gasteiger partial charge in [-0.2, -0.15) is 13.2 Å². The van der Waals surface area contributed by atoms with Gasteiger partial charge in [-0.25, -0.2) is 0 Å². The van der Waals surface area contributed by atoms with Crippen LogP contribution in [0.4, 0.5) is 18.9 Å². The first-order valence-corrected chi connectivity index (χ1v) is 15.1. The second-order valence-electron chi connectivity index (χ2n) is 8.32. The van der Waals surface area contributed by atoms with Gasteiger partial charge in [-0.3, -0.25) is 14.9 Å². The van der Waals surface area contributed by atoms with Gasteiger partial charge in [0, 0.05) is 25.5 Å². The first-order valence-electron chi connectivity index (χ1n) is 9.81. The number of carbonyl (C=O) groups is 1. The molecule has 2 aromatic rings. The molecule has 12 heteroatoms. The summed E-state index contributed by atoms with van der Waals surface area (Å²) in [5.74, 6) is -0.0979. The summed E-state index contributed by atoms with van der Waals surface area (Å²) < 4.78 is 49.1. The Hall–Kier alpha value is -2.24. The van der Waals surface area contributed by atoms with Gasteiger partial charge in [-0.05, 0) is 36.4 Å². The highest BCUT2D eigenvalue weighted by Gasteiger charge is 2.31. The first kappa shape index (κ1) is 27.0. The van der Waals surface area contributed by atoms with E-state index in [-0.39, 0.29) is 33.7 Å². The average Bonchev–Trinajstić information content (AvgIpc) is 2.67. The quantitative estimate of drug-likeness (QED) is 0.143. The molecule has 0 bridgehead atoms. The van der Waals surface area contributed by atoms with Gasteiger partial charge >= 0.3 is 12.1 Å². The lowest BCUT2D eigenvalue weighted by Gasteiger charge is -2.15. The molecule has 33 heavy (non-hydrogen) atoms. The number of halogens is 4. The van der Waals surface area contributed by atoms with E-state index in [1.807, 2.05) is 0 Å². The Balaban J connectivity index is 2.06. The van der Waals surface area contributed by atoms with E-state index in [2.05, 4.69) is 19.6 Å². The van der Waals surface area contributed by atoms with Gasteiger partial charge in [0.15, 0.2) is 0 Å². The van der Waals surface area contributed by atoms with E-state index >= 15 is 0 Å². The van der Waals surface area contributed by atoms with Crippen LogP contribution in [0.25, 0.3) is 0 Å². The third kappa shape index (κ3) is 8.90. The molecule has 0 amide bonds. The topological polar surface area (TPSA) is 78.7 Å². The Kier molecular flexibility index (Phi) is 9.21. The molecule has 6 nitrogen and oxygen atoms in total.